The highest BCUT2D eigenvalue weighted by atomic mass is 32.1. The number of thiazole rings is 1. The molecule has 0 aliphatic heterocycles. The van der Waals surface area contributed by atoms with Gasteiger partial charge in [0, 0.05) is 31.1 Å². The first-order valence-corrected chi connectivity index (χ1v) is 6.52. The first-order chi connectivity index (χ1) is 8.24. The van der Waals surface area contributed by atoms with Crippen molar-refractivity contribution in [3.05, 3.63) is 39.9 Å². The lowest BCUT2D eigenvalue weighted by molar-refractivity contribution is 0.666. The number of rotatable bonds is 5. The maximum atomic E-state index is 4.42. The molecule has 17 heavy (non-hydrogen) atoms. The summed E-state index contributed by atoms with van der Waals surface area (Å²) in [5, 5.41) is 6.61. The molecule has 0 atom stereocenters. The monoisotopic (exact) mass is 248 g/mol. The number of hydrogen-bond acceptors (Lipinski definition) is 5. The average molecular weight is 248 g/mol. The van der Waals surface area contributed by atoms with E-state index in [0.29, 0.717) is 0 Å². The number of hydrogen-bond donors (Lipinski definition) is 1. The van der Waals surface area contributed by atoms with Gasteiger partial charge in [0.2, 0.25) is 0 Å². The van der Waals surface area contributed by atoms with Crippen molar-refractivity contribution in [1.82, 2.24) is 20.3 Å². The predicted molar refractivity (Wildman–Crippen MR) is 69.0 cm³/mol. The van der Waals surface area contributed by atoms with Gasteiger partial charge in [0.05, 0.1) is 16.4 Å². The topological polar surface area (TPSA) is 50.7 Å². The maximum absolute atomic E-state index is 4.42. The average Bonchev–Trinajstić information content (AvgIpc) is 2.71. The molecule has 2 aromatic heterocycles. The molecule has 0 aliphatic rings. The molecule has 0 radical (unpaired) electrons. The number of aryl methyl sites for hydroxylation is 2. The SMILES string of the molecule is Cc1nccc(CNCCc2csc(C)n2)n1. The van der Waals surface area contributed by atoms with Crippen molar-refractivity contribution in [2.45, 2.75) is 26.8 Å². The molecule has 1 N–H and O–H groups in total. The Hall–Kier alpha value is -1.33. The highest BCUT2D eigenvalue weighted by Crippen LogP contribution is 2.07. The number of aromatic nitrogens is 3. The lowest BCUT2D eigenvalue weighted by atomic mass is 10.3. The molecule has 0 spiro atoms. The van der Waals surface area contributed by atoms with Crippen LogP contribution in [0.1, 0.15) is 22.2 Å². The van der Waals surface area contributed by atoms with Crippen molar-refractivity contribution in [3.8, 4) is 0 Å². The van der Waals surface area contributed by atoms with Crippen LogP contribution in [0.2, 0.25) is 0 Å². The van der Waals surface area contributed by atoms with E-state index in [0.717, 1.165) is 36.0 Å². The molecule has 0 aliphatic carbocycles. The standard InChI is InChI=1S/C12H16N4S/c1-9-14-6-4-11(15-9)7-13-5-3-12-8-17-10(2)16-12/h4,6,8,13H,3,5,7H2,1-2H3. The fraction of sp³-hybridized carbons (Fsp3) is 0.417. The quantitative estimate of drug-likeness (QED) is 0.821. The van der Waals surface area contributed by atoms with Crippen molar-refractivity contribution in [1.29, 1.82) is 0 Å². The summed E-state index contributed by atoms with van der Waals surface area (Å²) in [4.78, 5) is 12.8. The van der Waals surface area contributed by atoms with Crippen LogP contribution in [0, 0.1) is 13.8 Å². The maximum Gasteiger partial charge on any atom is 0.125 e. The zero-order chi connectivity index (χ0) is 12.1. The van der Waals surface area contributed by atoms with Crippen molar-refractivity contribution in [2.24, 2.45) is 0 Å². The summed E-state index contributed by atoms with van der Waals surface area (Å²) in [5.74, 6) is 0.819. The molecule has 2 heterocycles. The van der Waals surface area contributed by atoms with E-state index < -0.39 is 0 Å². The van der Waals surface area contributed by atoms with Crippen molar-refractivity contribution in [3.63, 3.8) is 0 Å². The molecule has 0 aromatic carbocycles. The summed E-state index contributed by atoms with van der Waals surface area (Å²) in [6.07, 6.45) is 2.76. The van der Waals surface area contributed by atoms with Gasteiger partial charge in [-0.2, -0.15) is 0 Å². The van der Waals surface area contributed by atoms with Gasteiger partial charge in [-0.3, -0.25) is 0 Å². The van der Waals surface area contributed by atoms with Gasteiger partial charge in [0.15, 0.2) is 0 Å². The number of nitrogens with zero attached hydrogens (tertiary/aromatic N) is 3. The summed E-state index contributed by atoms with van der Waals surface area (Å²) in [7, 11) is 0. The van der Waals surface area contributed by atoms with E-state index in [2.05, 4.69) is 25.6 Å². The Morgan fingerprint density at radius 3 is 2.82 bits per heavy atom. The second-order valence-corrected chi connectivity index (χ2v) is 4.94. The van der Waals surface area contributed by atoms with Crippen LogP contribution in [0.5, 0.6) is 0 Å². The predicted octanol–water partition coefficient (Wildman–Crippen LogP) is 1.88. The first-order valence-electron chi connectivity index (χ1n) is 5.64. The van der Waals surface area contributed by atoms with Gasteiger partial charge in [-0.25, -0.2) is 15.0 Å². The third-order valence-electron chi connectivity index (χ3n) is 2.36. The Morgan fingerprint density at radius 1 is 1.24 bits per heavy atom. The Balaban J connectivity index is 1.73. The first kappa shape index (κ1) is 12.1. The highest BCUT2D eigenvalue weighted by molar-refractivity contribution is 7.09. The van der Waals surface area contributed by atoms with Gasteiger partial charge in [0.1, 0.15) is 5.82 Å². The molecule has 4 nitrogen and oxygen atoms in total. The van der Waals surface area contributed by atoms with E-state index in [1.54, 1.807) is 17.5 Å². The third kappa shape index (κ3) is 3.87. The van der Waals surface area contributed by atoms with Gasteiger partial charge in [-0.15, -0.1) is 11.3 Å². The fourth-order valence-corrected chi connectivity index (χ4v) is 2.21. The molecule has 0 bridgehead atoms. The molecular weight excluding hydrogens is 232 g/mol. The normalized spacial score (nSPS) is 10.7. The van der Waals surface area contributed by atoms with E-state index in [-0.39, 0.29) is 0 Å². The second kappa shape index (κ2) is 5.84. The van der Waals surface area contributed by atoms with Crippen molar-refractivity contribution >= 4 is 11.3 Å². The molecular formula is C12H16N4S. The Kier molecular flexibility index (Phi) is 4.17. The van der Waals surface area contributed by atoms with Crippen molar-refractivity contribution in [2.75, 3.05) is 6.54 Å². The number of nitrogens with one attached hydrogen (secondary N) is 1. The zero-order valence-corrected chi connectivity index (χ0v) is 10.9. The zero-order valence-electron chi connectivity index (χ0n) is 10.1. The van der Waals surface area contributed by atoms with Crippen LogP contribution in [-0.2, 0) is 13.0 Å². The van der Waals surface area contributed by atoms with E-state index in [1.165, 1.54) is 5.69 Å². The fourth-order valence-electron chi connectivity index (χ4n) is 1.56. The van der Waals surface area contributed by atoms with Crippen LogP contribution in [0.25, 0.3) is 0 Å². The lowest BCUT2D eigenvalue weighted by Gasteiger charge is -2.03. The summed E-state index contributed by atoms with van der Waals surface area (Å²) in [6.45, 7) is 5.64. The minimum Gasteiger partial charge on any atom is -0.311 e. The third-order valence-corrected chi connectivity index (χ3v) is 3.19. The van der Waals surface area contributed by atoms with Gasteiger partial charge < -0.3 is 5.32 Å². The van der Waals surface area contributed by atoms with Crippen LogP contribution in [0.4, 0.5) is 0 Å². The van der Waals surface area contributed by atoms with E-state index in [4.69, 9.17) is 0 Å². The molecule has 0 unspecified atom stereocenters. The summed E-state index contributed by atoms with van der Waals surface area (Å²) in [5.41, 5.74) is 2.20. The van der Waals surface area contributed by atoms with E-state index in [1.807, 2.05) is 19.9 Å². The Morgan fingerprint density at radius 2 is 2.12 bits per heavy atom. The van der Waals surface area contributed by atoms with E-state index in [9.17, 15) is 0 Å². The molecule has 0 saturated heterocycles. The minimum absolute atomic E-state index is 0.784. The van der Waals surface area contributed by atoms with Gasteiger partial charge in [-0.05, 0) is 19.9 Å². The molecule has 2 rings (SSSR count). The Bertz CT molecular complexity index is 481. The highest BCUT2D eigenvalue weighted by Gasteiger charge is 1.99. The van der Waals surface area contributed by atoms with Crippen LogP contribution >= 0.6 is 11.3 Å². The molecule has 2 aromatic rings. The molecule has 90 valence electrons. The molecule has 0 amide bonds. The lowest BCUT2D eigenvalue weighted by Crippen LogP contribution is -2.17. The van der Waals surface area contributed by atoms with Crippen molar-refractivity contribution < 1.29 is 0 Å². The second-order valence-electron chi connectivity index (χ2n) is 3.88. The van der Waals surface area contributed by atoms with Crippen LogP contribution < -0.4 is 5.32 Å². The summed E-state index contributed by atoms with van der Waals surface area (Å²) < 4.78 is 0. The van der Waals surface area contributed by atoms with Gasteiger partial charge in [0.25, 0.3) is 0 Å². The van der Waals surface area contributed by atoms with Crippen LogP contribution in [-0.4, -0.2) is 21.5 Å². The summed E-state index contributed by atoms with van der Waals surface area (Å²) in [6, 6.07) is 1.94. The smallest absolute Gasteiger partial charge is 0.125 e. The summed E-state index contributed by atoms with van der Waals surface area (Å²) >= 11 is 1.70. The molecule has 5 heteroatoms. The minimum atomic E-state index is 0.784. The molecule has 0 fully saturated rings. The van der Waals surface area contributed by atoms with Crippen LogP contribution in [0.15, 0.2) is 17.6 Å². The van der Waals surface area contributed by atoms with Gasteiger partial charge >= 0.3 is 0 Å². The van der Waals surface area contributed by atoms with Crippen LogP contribution in [0.3, 0.4) is 0 Å². The van der Waals surface area contributed by atoms with Gasteiger partial charge in [-0.1, -0.05) is 0 Å². The molecule has 0 saturated carbocycles. The van der Waals surface area contributed by atoms with E-state index >= 15 is 0 Å². The Labute approximate surface area is 105 Å². The largest absolute Gasteiger partial charge is 0.311 e.